The van der Waals surface area contributed by atoms with Crippen molar-refractivity contribution in [1.82, 2.24) is 0 Å². The van der Waals surface area contributed by atoms with Crippen LogP contribution in [0, 0.1) is 0 Å². The van der Waals surface area contributed by atoms with Gasteiger partial charge >= 0.3 is 0 Å². The third-order valence-electron chi connectivity index (χ3n) is 2.47. The second-order valence-electron chi connectivity index (χ2n) is 3.60. The Labute approximate surface area is 90.9 Å². The van der Waals surface area contributed by atoms with Crippen molar-refractivity contribution in [2.45, 2.75) is 25.3 Å². The summed E-state index contributed by atoms with van der Waals surface area (Å²) in [5, 5.41) is 8.66. The summed E-state index contributed by atoms with van der Waals surface area (Å²) in [6.45, 7) is 0.245. The van der Waals surface area contributed by atoms with E-state index < -0.39 is 0 Å². The molecule has 3 N–H and O–H groups in total. The van der Waals surface area contributed by atoms with E-state index in [4.69, 9.17) is 15.6 Å². The monoisotopic (exact) mass is 209 g/mol. The van der Waals surface area contributed by atoms with Crippen molar-refractivity contribution in [3.05, 3.63) is 29.8 Å². The Balaban J connectivity index is 2.46. The molecule has 0 fully saturated rings. The number of ether oxygens (including phenoxy) is 1. The van der Waals surface area contributed by atoms with Crippen LogP contribution in [-0.2, 0) is 0 Å². The van der Waals surface area contributed by atoms with Crippen LogP contribution in [0.4, 0.5) is 0 Å². The number of aliphatic hydroxyl groups excluding tert-OH is 1. The van der Waals surface area contributed by atoms with Gasteiger partial charge in [0.05, 0.1) is 7.11 Å². The van der Waals surface area contributed by atoms with E-state index in [-0.39, 0.29) is 12.6 Å². The fourth-order valence-corrected chi connectivity index (χ4v) is 1.49. The average Bonchev–Trinajstić information content (AvgIpc) is 2.29. The van der Waals surface area contributed by atoms with Gasteiger partial charge in [-0.3, -0.25) is 0 Å². The van der Waals surface area contributed by atoms with Gasteiger partial charge in [-0.25, -0.2) is 0 Å². The molecule has 3 nitrogen and oxygen atoms in total. The molecule has 0 saturated heterocycles. The number of nitrogens with two attached hydrogens (primary N) is 1. The molecule has 1 unspecified atom stereocenters. The van der Waals surface area contributed by atoms with Crippen LogP contribution in [0.1, 0.15) is 30.9 Å². The molecule has 15 heavy (non-hydrogen) atoms. The standard InChI is InChI=1S/C12H19NO2/c1-15-11-7-5-10(6-8-11)12(13)4-2-3-9-14/h5-8,12,14H,2-4,9,13H2,1H3. The Morgan fingerprint density at radius 3 is 2.47 bits per heavy atom. The molecule has 0 bridgehead atoms. The number of hydrogen-bond donors (Lipinski definition) is 2. The number of unbranched alkanes of at least 4 members (excludes halogenated alkanes) is 1. The molecule has 0 aliphatic carbocycles. The summed E-state index contributed by atoms with van der Waals surface area (Å²) < 4.78 is 5.07. The molecule has 0 aliphatic rings. The van der Waals surface area contributed by atoms with E-state index in [0.717, 1.165) is 30.6 Å². The summed E-state index contributed by atoms with van der Waals surface area (Å²) in [5.41, 5.74) is 7.12. The molecule has 0 heterocycles. The topological polar surface area (TPSA) is 55.5 Å². The van der Waals surface area contributed by atoms with Crippen LogP contribution in [0.5, 0.6) is 5.75 Å². The molecule has 1 atom stereocenters. The Bertz CT molecular complexity index is 271. The zero-order valence-electron chi connectivity index (χ0n) is 9.15. The Morgan fingerprint density at radius 1 is 1.27 bits per heavy atom. The van der Waals surface area contributed by atoms with E-state index in [2.05, 4.69) is 0 Å². The summed E-state index contributed by atoms with van der Waals surface area (Å²) in [6, 6.07) is 7.87. The predicted molar refractivity (Wildman–Crippen MR) is 60.9 cm³/mol. The van der Waals surface area contributed by atoms with Crippen molar-refractivity contribution >= 4 is 0 Å². The van der Waals surface area contributed by atoms with Gasteiger partial charge in [-0.2, -0.15) is 0 Å². The van der Waals surface area contributed by atoms with Crippen LogP contribution < -0.4 is 10.5 Å². The normalized spacial score (nSPS) is 12.5. The van der Waals surface area contributed by atoms with E-state index in [1.54, 1.807) is 7.11 Å². The van der Waals surface area contributed by atoms with Crippen LogP contribution in [0.2, 0.25) is 0 Å². The number of benzene rings is 1. The number of aliphatic hydroxyl groups is 1. The molecule has 1 rings (SSSR count). The van der Waals surface area contributed by atoms with Gasteiger partial charge in [0.25, 0.3) is 0 Å². The lowest BCUT2D eigenvalue weighted by atomic mass is 10.0. The third kappa shape index (κ3) is 3.90. The molecule has 0 spiro atoms. The van der Waals surface area contributed by atoms with E-state index in [1.807, 2.05) is 24.3 Å². The first-order valence-electron chi connectivity index (χ1n) is 5.28. The van der Waals surface area contributed by atoms with Crippen molar-refractivity contribution in [3.8, 4) is 5.75 Å². The average molecular weight is 209 g/mol. The van der Waals surface area contributed by atoms with Crippen molar-refractivity contribution in [3.63, 3.8) is 0 Å². The first-order valence-corrected chi connectivity index (χ1v) is 5.28. The quantitative estimate of drug-likeness (QED) is 0.703. The first-order chi connectivity index (χ1) is 7.27. The number of rotatable bonds is 6. The lowest BCUT2D eigenvalue weighted by molar-refractivity contribution is 0.281. The molecule has 0 radical (unpaired) electrons. The molecular weight excluding hydrogens is 190 g/mol. The molecule has 0 saturated carbocycles. The van der Waals surface area contributed by atoms with Gasteiger partial charge in [0.15, 0.2) is 0 Å². The Hall–Kier alpha value is -1.06. The van der Waals surface area contributed by atoms with E-state index >= 15 is 0 Å². The van der Waals surface area contributed by atoms with Crippen LogP contribution in [0.3, 0.4) is 0 Å². The lowest BCUT2D eigenvalue weighted by Crippen LogP contribution is -2.10. The number of hydrogen-bond acceptors (Lipinski definition) is 3. The largest absolute Gasteiger partial charge is 0.497 e. The zero-order chi connectivity index (χ0) is 11.1. The third-order valence-corrected chi connectivity index (χ3v) is 2.47. The molecule has 0 amide bonds. The summed E-state index contributed by atoms with van der Waals surface area (Å²) in [4.78, 5) is 0. The van der Waals surface area contributed by atoms with Crippen molar-refractivity contribution in [2.24, 2.45) is 5.73 Å². The molecule has 0 aliphatic heterocycles. The SMILES string of the molecule is COc1ccc(C(N)CCCCO)cc1. The highest BCUT2D eigenvalue weighted by molar-refractivity contribution is 5.28. The van der Waals surface area contributed by atoms with E-state index in [1.165, 1.54) is 0 Å². The van der Waals surface area contributed by atoms with Crippen molar-refractivity contribution in [2.75, 3.05) is 13.7 Å². The minimum Gasteiger partial charge on any atom is -0.497 e. The Kier molecular flexibility index (Phi) is 5.15. The Morgan fingerprint density at radius 2 is 1.93 bits per heavy atom. The summed E-state index contributed by atoms with van der Waals surface area (Å²) >= 11 is 0. The van der Waals surface area contributed by atoms with E-state index in [9.17, 15) is 0 Å². The molecule has 3 heteroatoms. The fraction of sp³-hybridized carbons (Fsp3) is 0.500. The lowest BCUT2D eigenvalue weighted by Gasteiger charge is -2.11. The van der Waals surface area contributed by atoms with Crippen LogP contribution in [0.15, 0.2) is 24.3 Å². The summed E-state index contributed by atoms with van der Waals surface area (Å²) in [5.74, 6) is 0.848. The highest BCUT2D eigenvalue weighted by Crippen LogP contribution is 2.19. The zero-order valence-corrected chi connectivity index (χ0v) is 9.15. The van der Waals surface area contributed by atoms with Crippen LogP contribution in [-0.4, -0.2) is 18.8 Å². The maximum Gasteiger partial charge on any atom is 0.118 e. The molecule has 84 valence electrons. The smallest absolute Gasteiger partial charge is 0.118 e. The number of methoxy groups -OCH3 is 1. The minimum absolute atomic E-state index is 0.0578. The maximum atomic E-state index is 8.66. The van der Waals surface area contributed by atoms with E-state index in [0.29, 0.717) is 0 Å². The van der Waals surface area contributed by atoms with Gasteiger partial charge in [-0.1, -0.05) is 12.1 Å². The first kappa shape index (κ1) is 12.0. The summed E-state index contributed by atoms with van der Waals surface area (Å²) in [6.07, 6.45) is 2.69. The maximum absolute atomic E-state index is 8.66. The highest BCUT2D eigenvalue weighted by Gasteiger charge is 2.05. The van der Waals surface area contributed by atoms with Gasteiger partial charge in [-0.15, -0.1) is 0 Å². The van der Waals surface area contributed by atoms with Crippen LogP contribution in [0.25, 0.3) is 0 Å². The minimum atomic E-state index is 0.0578. The molecule has 1 aromatic carbocycles. The van der Waals surface area contributed by atoms with Gasteiger partial charge in [0.2, 0.25) is 0 Å². The predicted octanol–water partition coefficient (Wildman–Crippen LogP) is 1.86. The van der Waals surface area contributed by atoms with Gasteiger partial charge in [0.1, 0.15) is 5.75 Å². The molecule has 1 aromatic rings. The highest BCUT2D eigenvalue weighted by atomic mass is 16.5. The van der Waals surface area contributed by atoms with Gasteiger partial charge in [0, 0.05) is 12.6 Å². The van der Waals surface area contributed by atoms with Gasteiger partial charge in [-0.05, 0) is 37.0 Å². The molecular formula is C12H19NO2. The van der Waals surface area contributed by atoms with Gasteiger partial charge < -0.3 is 15.6 Å². The summed E-state index contributed by atoms with van der Waals surface area (Å²) in [7, 11) is 1.65. The second kappa shape index (κ2) is 6.43. The van der Waals surface area contributed by atoms with Crippen molar-refractivity contribution in [1.29, 1.82) is 0 Å². The molecule has 0 aromatic heterocycles. The van der Waals surface area contributed by atoms with Crippen molar-refractivity contribution < 1.29 is 9.84 Å². The fourth-order valence-electron chi connectivity index (χ4n) is 1.49. The van der Waals surface area contributed by atoms with Crippen LogP contribution >= 0.6 is 0 Å². The second-order valence-corrected chi connectivity index (χ2v) is 3.60.